The van der Waals surface area contributed by atoms with Crippen LogP contribution < -0.4 is 4.72 Å². The summed E-state index contributed by atoms with van der Waals surface area (Å²) in [6, 6.07) is 0. The average Bonchev–Trinajstić information content (AvgIpc) is 2.45. The van der Waals surface area contributed by atoms with Crippen molar-refractivity contribution >= 4 is 12.8 Å². The van der Waals surface area contributed by atoms with Gasteiger partial charge in [-0.25, -0.2) is 0 Å². The van der Waals surface area contributed by atoms with E-state index in [-0.39, 0.29) is 11.2 Å². The van der Waals surface area contributed by atoms with E-state index >= 15 is 0 Å². The summed E-state index contributed by atoms with van der Waals surface area (Å²) in [6.45, 7) is 16.2. The van der Waals surface area contributed by atoms with E-state index < -0.39 is 0 Å². The normalized spacial score (nSPS) is 14.5. The molecule has 1 N–H and O–H groups in total. The first-order chi connectivity index (χ1) is 10.6. The molecule has 0 aliphatic heterocycles. The molecule has 1 atom stereocenters. The first-order valence-corrected chi connectivity index (χ1v) is 9.22. The Morgan fingerprint density at radius 3 is 2.22 bits per heavy atom. The highest BCUT2D eigenvalue weighted by Crippen LogP contribution is 2.27. The summed E-state index contributed by atoms with van der Waals surface area (Å²) in [5.41, 5.74) is -0.271. The second-order valence-electron chi connectivity index (χ2n) is 7.87. The van der Waals surface area contributed by atoms with Crippen molar-refractivity contribution in [1.82, 2.24) is 4.72 Å². The first-order valence-electron chi connectivity index (χ1n) is 8.77. The summed E-state index contributed by atoms with van der Waals surface area (Å²) in [4.78, 5) is 0. The summed E-state index contributed by atoms with van der Waals surface area (Å²) in [5, 5.41) is 0. The molecule has 23 heavy (non-hydrogen) atoms. The summed E-state index contributed by atoms with van der Waals surface area (Å²) in [7, 11) is 1.75. The molecular weight excluding hydrogens is 310 g/mol. The maximum absolute atomic E-state index is 6.14. The third-order valence-electron chi connectivity index (χ3n) is 4.36. The van der Waals surface area contributed by atoms with Crippen LogP contribution in [0.4, 0.5) is 0 Å². The standard InChI is InChI=1S/C18H39NO3S/c1-15(2)16(14-21-11-8-10-19-23)13-18(5,6)22-12-9-17(3,4)20-7/h15-16,19,23H,8-14H2,1-7H3. The van der Waals surface area contributed by atoms with Crippen LogP contribution in [0.25, 0.3) is 0 Å². The largest absolute Gasteiger partial charge is 0.381 e. The van der Waals surface area contributed by atoms with Gasteiger partial charge in [-0.3, -0.25) is 4.72 Å². The highest BCUT2D eigenvalue weighted by molar-refractivity contribution is 7.78. The molecule has 0 aromatic heterocycles. The number of hydrogen-bond donors (Lipinski definition) is 2. The number of rotatable bonds is 14. The quantitative estimate of drug-likeness (QED) is 0.366. The lowest BCUT2D eigenvalue weighted by molar-refractivity contribution is -0.0753. The number of nitrogens with one attached hydrogen (secondary N) is 1. The number of methoxy groups -OCH3 is 1. The third-order valence-corrected chi connectivity index (χ3v) is 4.58. The fourth-order valence-corrected chi connectivity index (χ4v) is 2.50. The van der Waals surface area contributed by atoms with Crippen molar-refractivity contribution in [3.8, 4) is 0 Å². The average molecular weight is 350 g/mol. The number of ether oxygens (including phenoxy) is 3. The molecule has 0 aromatic carbocycles. The monoisotopic (exact) mass is 349 g/mol. The van der Waals surface area contributed by atoms with Gasteiger partial charge in [0, 0.05) is 26.9 Å². The van der Waals surface area contributed by atoms with Gasteiger partial charge in [-0.05, 0) is 58.8 Å². The predicted octanol–water partition coefficient (Wildman–Crippen LogP) is 4.10. The Bertz CT molecular complexity index is 296. The van der Waals surface area contributed by atoms with E-state index in [1.807, 2.05) is 0 Å². The SMILES string of the molecule is COC(C)(C)CCOC(C)(C)CC(COCCCNS)C(C)C. The van der Waals surface area contributed by atoms with Gasteiger partial charge in [-0.2, -0.15) is 0 Å². The molecule has 140 valence electrons. The minimum absolute atomic E-state index is 0.127. The van der Waals surface area contributed by atoms with Crippen LogP contribution in [0.1, 0.15) is 60.8 Å². The Hall–Kier alpha value is 0.190. The summed E-state index contributed by atoms with van der Waals surface area (Å²) < 4.78 is 20.3. The van der Waals surface area contributed by atoms with Gasteiger partial charge >= 0.3 is 0 Å². The maximum Gasteiger partial charge on any atom is 0.0644 e. The van der Waals surface area contributed by atoms with Crippen LogP contribution in [0.15, 0.2) is 0 Å². The molecular formula is C18H39NO3S. The van der Waals surface area contributed by atoms with E-state index in [1.54, 1.807) is 7.11 Å². The van der Waals surface area contributed by atoms with E-state index in [0.29, 0.717) is 18.4 Å². The lowest BCUT2D eigenvalue weighted by Gasteiger charge is -2.33. The van der Waals surface area contributed by atoms with Crippen molar-refractivity contribution in [1.29, 1.82) is 0 Å². The maximum atomic E-state index is 6.14. The fraction of sp³-hybridized carbons (Fsp3) is 1.00. The summed E-state index contributed by atoms with van der Waals surface area (Å²) >= 11 is 3.98. The smallest absolute Gasteiger partial charge is 0.0644 e. The van der Waals surface area contributed by atoms with Gasteiger partial charge in [0.2, 0.25) is 0 Å². The predicted molar refractivity (Wildman–Crippen MR) is 101 cm³/mol. The summed E-state index contributed by atoms with van der Waals surface area (Å²) in [6.07, 6.45) is 2.88. The molecule has 0 spiro atoms. The van der Waals surface area contributed by atoms with E-state index in [2.05, 4.69) is 59.1 Å². The molecule has 0 saturated carbocycles. The topological polar surface area (TPSA) is 39.7 Å². The zero-order valence-corrected chi connectivity index (χ0v) is 17.2. The molecule has 4 nitrogen and oxygen atoms in total. The summed E-state index contributed by atoms with van der Waals surface area (Å²) in [5.74, 6) is 1.08. The van der Waals surface area contributed by atoms with Gasteiger partial charge in [-0.15, -0.1) is 0 Å². The van der Waals surface area contributed by atoms with Crippen LogP contribution in [0, 0.1) is 11.8 Å². The Morgan fingerprint density at radius 1 is 1.04 bits per heavy atom. The fourth-order valence-electron chi connectivity index (χ4n) is 2.34. The zero-order valence-electron chi connectivity index (χ0n) is 16.3. The molecule has 0 aliphatic rings. The van der Waals surface area contributed by atoms with E-state index in [0.717, 1.165) is 39.0 Å². The van der Waals surface area contributed by atoms with Crippen molar-refractivity contribution in [3.05, 3.63) is 0 Å². The Balaban J connectivity index is 4.21. The van der Waals surface area contributed by atoms with Gasteiger partial charge in [0.15, 0.2) is 0 Å². The minimum atomic E-state index is -0.144. The Labute approximate surface area is 149 Å². The Kier molecular flexibility index (Phi) is 11.8. The molecule has 0 amide bonds. The molecule has 1 unspecified atom stereocenters. The lowest BCUT2D eigenvalue weighted by Crippen LogP contribution is -2.34. The molecule has 0 fully saturated rings. The van der Waals surface area contributed by atoms with Gasteiger partial charge < -0.3 is 14.2 Å². The van der Waals surface area contributed by atoms with Crippen molar-refractivity contribution in [2.75, 3.05) is 33.5 Å². The minimum Gasteiger partial charge on any atom is -0.381 e. The first kappa shape index (κ1) is 23.2. The van der Waals surface area contributed by atoms with E-state index in [9.17, 15) is 0 Å². The highest BCUT2D eigenvalue weighted by Gasteiger charge is 2.27. The molecule has 0 aliphatic carbocycles. The molecule has 0 radical (unpaired) electrons. The third kappa shape index (κ3) is 12.2. The van der Waals surface area contributed by atoms with Crippen LogP contribution in [0.3, 0.4) is 0 Å². The van der Waals surface area contributed by atoms with Crippen LogP contribution in [-0.4, -0.2) is 44.7 Å². The van der Waals surface area contributed by atoms with E-state index in [1.165, 1.54) is 0 Å². The van der Waals surface area contributed by atoms with Gasteiger partial charge in [0.25, 0.3) is 0 Å². The zero-order chi connectivity index (χ0) is 17.9. The molecule has 0 heterocycles. The molecule has 0 aromatic rings. The van der Waals surface area contributed by atoms with Crippen LogP contribution in [-0.2, 0) is 14.2 Å². The van der Waals surface area contributed by atoms with Crippen molar-refractivity contribution < 1.29 is 14.2 Å². The lowest BCUT2D eigenvalue weighted by atomic mass is 9.86. The van der Waals surface area contributed by atoms with Crippen LogP contribution >= 0.6 is 12.8 Å². The molecule has 5 heteroatoms. The number of hydrogen-bond acceptors (Lipinski definition) is 5. The van der Waals surface area contributed by atoms with Gasteiger partial charge in [0.05, 0.1) is 17.8 Å². The van der Waals surface area contributed by atoms with Gasteiger partial charge in [0.1, 0.15) is 0 Å². The molecule has 0 bridgehead atoms. The molecule has 0 rings (SSSR count). The Morgan fingerprint density at radius 2 is 1.70 bits per heavy atom. The molecule has 0 saturated heterocycles. The van der Waals surface area contributed by atoms with Crippen molar-refractivity contribution in [2.24, 2.45) is 11.8 Å². The second kappa shape index (κ2) is 11.7. The van der Waals surface area contributed by atoms with Crippen molar-refractivity contribution in [2.45, 2.75) is 72.0 Å². The van der Waals surface area contributed by atoms with Gasteiger partial charge in [-0.1, -0.05) is 26.7 Å². The van der Waals surface area contributed by atoms with Crippen molar-refractivity contribution in [3.63, 3.8) is 0 Å². The van der Waals surface area contributed by atoms with E-state index in [4.69, 9.17) is 14.2 Å². The van der Waals surface area contributed by atoms with Crippen LogP contribution in [0.2, 0.25) is 0 Å². The van der Waals surface area contributed by atoms with Crippen LogP contribution in [0.5, 0.6) is 0 Å². The highest BCUT2D eigenvalue weighted by atomic mass is 32.1. The number of thiol groups is 1. The second-order valence-corrected chi connectivity index (χ2v) is 8.18.